The van der Waals surface area contributed by atoms with Gasteiger partial charge in [-0.2, -0.15) is 5.10 Å². The molecule has 0 spiro atoms. The van der Waals surface area contributed by atoms with Crippen LogP contribution in [0.25, 0.3) is 21.3 Å². The molecule has 4 heterocycles. The summed E-state index contributed by atoms with van der Waals surface area (Å²) < 4.78 is 2.95. The number of carbonyl (C=O) groups excluding carboxylic acids is 1. The Hall–Kier alpha value is -3.00. The number of nitrogens with zero attached hydrogens (tertiary/aromatic N) is 6. The largest absolute Gasteiger partial charge is 0.345 e. The molecule has 1 saturated heterocycles. The fourth-order valence-electron chi connectivity index (χ4n) is 4.01. The van der Waals surface area contributed by atoms with E-state index in [0.29, 0.717) is 18.7 Å². The molecule has 0 bridgehead atoms. The van der Waals surface area contributed by atoms with Crippen LogP contribution in [0.5, 0.6) is 0 Å². The fourth-order valence-corrected chi connectivity index (χ4v) is 5.02. The first kappa shape index (κ1) is 18.1. The highest BCUT2D eigenvalue weighted by Crippen LogP contribution is 2.29. The van der Waals surface area contributed by atoms with Crippen LogP contribution in [0.1, 0.15) is 21.7 Å². The van der Waals surface area contributed by atoms with E-state index in [4.69, 9.17) is 4.98 Å². The fraction of sp³-hybridized carbons (Fsp3) is 0.333. The third-order valence-corrected chi connectivity index (χ3v) is 6.54. The third-order valence-electron chi connectivity index (χ3n) is 5.45. The van der Waals surface area contributed by atoms with Crippen molar-refractivity contribution in [1.82, 2.24) is 24.6 Å². The standard InChI is InChI=1S/C21H22N6OS/c1-13-12-15(18-14(2)24-25(3)19(18)22-13)20(28)26-8-10-27(11-9-26)21-23-16-6-4-5-7-17(16)29-21/h4-7,12H,8-11H2,1-3H3. The smallest absolute Gasteiger partial charge is 0.254 e. The van der Waals surface area contributed by atoms with E-state index in [0.717, 1.165) is 46.2 Å². The Kier molecular flexibility index (Phi) is 4.24. The van der Waals surface area contributed by atoms with Gasteiger partial charge < -0.3 is 9.80 Å². The average Bonchev–Trinajstić information content (AvgIpc) is 3.28. The van der Waals surface area contributed by atoms with Crippen molar-refractivity contribution in [3.05, 3.63) is 47.3 Å². The highest BCUT2D eigenvalue weighted by atomic mass is 32.1. The molecule has 1 aliphatic rings. The Morgan fingerprint density at radius 3 is 2.59 bits per heavy atom. The molecule has 1 amide bonds. The number of fused-ring (bicyclic) bond motifs is 2. The monoisotopic (exact) mass is 406 g/mol. The number of pyridine rings is 1. The van der Waals surface area contributed by atoms with Crippen molar-refractivity contribution >= 4 is 43.6 Å². The predicted molar refractivity (Wildman–Crippen MR) is 116 cm³/mol. The van der Waals surface area contributed by atoms with Gasteiger partial charge in [-0.3, -0.25) is 9.48 Å². The van der Waals surface area contributed by atoms with E-state index in [1.165, 1.54) is 4.70 Å². The molecule has 8 heteroatoms. The number of para-hydroxylation sites is 1. The quantitative estimate of drug-likeness (QED) is 0.512. The van der Waals surface area contributed by atoms with Crippen LogP contribution < -0.4 is 4.90 Å². The van der Waals surface area contributed by atoms with Crippen LogP contribution >= 0.6 is 11.3 Å². The normalized spacial score (nSPS) is 14.9. The summed E-state index contributed by atoms with van der Waals surface area (Å²) in [6, 6.07) is 10.1. The lowest BCUT2D eigenvalue weighted by Gasteiger charge is -2.34. The summed E-state index contributed by atoms with van der Waals surface area (Å²) in [7, 11) is 1.87. The Morgan fingerprint density at radius 2 is 1.83 bits per heavy atom. The maximum Gasteiger partial charge on any atom is 0.254 e. The molecule has 0 N–H and O–H groups in total. The lowest BCUT2D eigenvalue weighted by Crippen LogP contribution is -2.48. The van der Waals surface area contributed by atoms with Gasteiger partial charge in [-0.15, -0.1) is 0 Å². The molecular formula is C21H22N6OS. The zero-order chi connectivity index (χ0) is 20.1. The Labute approximate surface area is 172 Å². The van der Waals surface area contributed by atoms with Crippen molar-refractivity contribution in [2.45, 2.75) is 13.8 Å². The molecule has 148 valence electrons. The summed E-state index contributed by atoms with van der Waals surface area (Å²) in [5.74, 6) is 0.0561. The number of aromatic nitrogens is 4. The number of amides is 1. The molecule has 7 nitrogen and oxygen atoms in total. The number of hydrogen-bond donors (Lipinski definition) is 0. The van der Waals surface area contributed by atoms with Crippen molar-refractivity contribution < 1.29 is 4.79 Å². The minimum atomic E-state index is 0.0561. The molecule has 1 aliphatic heterocycles. The van der Waals surface area contributed by atoms with Crippen LogP contribution in [-0.2, 0) is 7.05 Å². The molecule has 1 fully saturated rings. The third kappa shape index (κ3) is 3.04. The Morgan fingerprint density at radius 1 is 1.07 bits per heavy atom. The lowest BCUT2D eigenvalue weighted by molar-refractivity contribution is 0.0748. The van der Waals surface area contributed by atoms with Gasteiger partial charge in [0.05, 0.1) is 26.9 Å². The molecule has 0 saturated carbocycles. The number of thiazole rings is 1. The number of aryl methyl sites for hydroxylation is 3. The van der Waals surface area contributed by atoms with Crippen LogP contribution in [0.4, 0.5) is 5.13 Å². The first-order valence-corrected chi connectivity index (χ1v) is 10.5. The van der Waals surface area contributed by atoms with E-state index in [1.807, 2.05) is 50.1 Å². The van der Waals surface area contributed by atoms with Crippen molar-refractivity contribution in [3.63, 3.8) is 0 Å². The van der Waals surface area contributed by atoms with E-state index < -0.39 is 0 Å². The topological polar surface area (TPSA) is 67.2 Å². The molecule has 5 rings (SSSR count). The van der Waals surface area contributed by atoms with Gasteiger partial charge in [0.25, 0.3) is 5.91 Å². The van der Waals surface area contributed by atoms with Crippen molar-refractivity contribution in [2.75, 3.05) is 31.1 Å². The van der Waals surface area contributed by atoms with Gasteiger partial charge >= 0.3 is 0 Å². The van der Waals surface area contributed by atoms with E-state index in [9.17, 15) is 4.79 Å². The number of carbonyl (C=O) groups is 1. The number of rotatable bonds is 2. The van der Waals surface area contributed by atoms with Gasteiger partial charge in [-0.1, -0.05) is 23.5 Å². The number of piperazine rings is 1. The van der Waals surface area contributed by atoms with Crippen molar-refractivity contribution in [2.24, 2.45) is 7.05 Å². The number of anilines is 1. The van der Waals surface area contributed by atoms with E-state index in [-0.39, 0.29) is 5.91 Å². The number of hydrogen-bond acceptors (Lipinski definition) is 6. The number of benzene rings is 1. The summed E-state index contributed by atoms with van der Waals surface area (Å²) in [6.45, 7) is 6.77. The molecule has 3 aromatic heterocycles. The summed E-state index contributed by atoms with van der Waals surface area (Å²) in [4.78, 5) is 26.9. The first-order chi connectivity index (χ1) is 14.0. The predicted octanol–water partition coefficient (Wildman–Crippen LogP) is 3.16. The van der Waals surface area contributed by atoms with Crippen LogP contribution in [-0.4, -0.2) is 56.7 Å². The van der Waals surface area contributed by atoms with Crippen LogP contribution in [0.15, 0.2) is 30.3 Å². The van der Waals surface area contributed by atoms with Gasteiger partial charge in [0.2, 0.25) is 0 Å². The van der Waals surface area contributed by atoms with E-state index in [1.54, 1.807) is 16.0 Å². The first-order valence-electron chi connectivity index (χ1n) is 9.72. The summed E-state index contributed by atoms with van der Waals surface area (Å²) in [6.07, 6.45) is 0. The van der Waals surface area contributed by atoms with E-state index in [2.05, 4.69) is 21.0 Å². The van der Waals surface area contributed by atoms with Crippen LogP contribution in [0.3, 0.4) is 0 Å². The van der Waals surface area contributed by atoms with Gasteiger partial charge in [-0.25, -0.2) is 9.97 Å². The van der Waals surface area contributed by atoms with Crippen molar-refractivity contribution in [3.8, 4) is 0 Å². The zero-order valence-corrected chi connectivity index (χ0v) is 17.5. The molecule has 0 aliphatic carbocycles. The highest BCUT2D eigenvalue weighted by molar-refractivity contribution is 7.22. The van der Waals surface area contributed by atoms with Crippen molar-refractivity contribution in [1.29, 1.82) is 0 Å². The molecule has 0 radical (unpaired) electrons. The summed E-state index contributed by atoms with van der Waals surface area (Å²) >= 11 is 1.71. The molecule has 29 heavy (non-hydrogen) atoms. The SMILES string of the molecule is Cc1cc(C(=O)N2CCN(c3nc4ccccc4s3)CC2)c2c(C)nn(C)c2n1. The second-order valence-corrected chi connectivity index (χ2v) is 8.47. The van der Waals surface area contributed by atoms with Crippen LogP contribution in [0.2, 0.25) is 0 Å². The van der Waals surface area contributed by atoms with E-state index >= 15 is 0 Å². The van der Waals surface area contributed by atoms with Crippen LogP contribution in [0, 0.1) is 13.8 Å². The molecular weight excluding hydrogens is 384 g/mol. The van der Waals surface area contributed by atoms with Gasteiger partial charge in [-0.05, 0) is 32.0 Å². The minimum Gasteiger partial charge on any atom is -0.345 e. The van der Waals surface area contributed by atoms with Gasteiger partial charge in [0.15, 0.2) is 10.8 Å². The molecule has 4 aromatic rings. The minimum absolute atomic E-state index is 0.0561. The second kappa shape index (κ2) is 6.81. The molecule has 1 aromatic carbocycles. The lowest BCUT2D eigenvalue weighted by atomic mass is 10.1. The maximum atomic E-state index is 13.3. The second-order valence-electron chi connectivity index (χ2n) is 7.46. The van der Waals surface area contributed by atoms with Gasteiger partial charge in [0.1, 0.15) is 0 Å². The zero-order valence-electron chi connectivity index (χ0n) is 16.7. The average molecular weight is 407 g/mol. The maximum absolute atomic E-state index is 13.3. The summed E-state index contributed by atoms with van der Waals surface area (Å²) in [5, 5.41) is 6.35. The Bertz CT molecular complexity index is 1200. The summed E-state index contributed by atoms with van der Waals surface area (Å²) in [5.41, 5.74) is 4.17. The van der Waals surface area contributed by atoms with Gasteiger partial charge in [0, 0.05) is 38.9 Å². The highest BCUT2D eigenvalue weighted by Gasteiger charge is 2.26. The Balaban J connectivity index is 1.38. The molecule has 0 atom stereocenters. The molecule has 0 unspecified atom stereocenters.